The number of carbonyl (C=O) groups is 3. The van der Waals surface area contributed by atoms with Crippen molar-refractivity contribution in [2.45, 2.75) is 56.6 Å². The summed E-state index contributed by atoms with van der Waals surface area (Å²) in [6, 6.07) is 4.11. The maximum atomic E-state index is 12.0. The van der Waals surface area contributed by atoms with Crippen LogP contribution in [0.3, 0.4) is 0 Å². The molecule has 1 aromatic carbocycles. The third-order valence-electron chi connectivity index (χ3n) is 4.99. The van der Waals surface area contributed by atoms with Crippen LogP contribution in [0, 0.1) is 0 Å². The summed E-state index contributed by atoms with van der Waals surface area (Å²) in [7, 11) is 0. The van der Waals surface area contributed by atoms with Crippen LogP contribution in [0.5, 0.6) is 5.75 Å². The molecule has 1 amide bonds. The number of phenols is 1. The molecule has 7 nitrogen and oxygen atoms in total. The van der Waals surface area contributed by atoms with E-state index in [1.54, 1.807) is 0 Å². The van der Waals surface area contributed by atoms with Gasteiger partial charge >= 0.3 is 5.97 Å². The molecule has 1 fully saturated rings. The van der Waals surface area contributed by atoms with Crippen LogP contribution in [0.15, 0.2) is 18.2 Å². The van der Waals surface area contributed by atoms with E-state index in [4.69, 9.17) is 9.84 Å². The van der Waals surface area contributed by atoms with Crippen molar-refractivity contribution in [1.29, 1.82) is 0 Å². The molecule has 1 atom stereocenters. The molecule has 1 aromatic rings. The van der Waals surface area contributed by atoms with Crippen LogP contribution in [0.4, 0.5) is 0 Å². The van der Waals surface area contributed by atoms with Crippen molar-refractivity contribution >= 4 is 29.4 Å². The van der Waals surface area contributed by atoms with Crippen molar-refractivity contribution in [1.82, 2.24) is 5.32 Å². The fourth-order valence-electron chi connectivity index (χ4n) is 3.35. The molecule has 1 unspecified atom stereocenters. The lowest BCUT2D eigenvalue weighted by Gasteiger charge is -2.09. The zero-order chi connectivity index (χ0) is 21.8. The standard InChI is InChI=1S/C22H31NO6S/c24-17(14-16-7-8-20(25)19(15-16)22(27)28)9-11-29-12-10-23-21(26)6-2-1-4-18-5-3-13-30-18/h7-8,15,18,25H,1-6,9-14H2,(H,23,26)(H,27,28). The fourth-order valence-corrected chi connectivity index (χ4v) is 4.68. The molecular weight excluding hydrogens is 406 g/mol. The Morgan fingerprint density at radius 1 is 1.17 bits per heavy atom. The van der Waals surface area contributed by atoms with E-state index in [0.29, 0.717) is 25.1 Å². The van der Waals surface area contributed by atoms with Gasteiger partial charge in [-0.05, 0) is 49.1 Å². The fraction of sp³-hybridized carbons (Fsp3) is 0.591. The summed E-state index contributed by atoms with van der Waals surface area (Å²) in [5, 5.41) is 22.1. The van der Waals surface area contributed by atoms with Crippen molar-refractivity contribution in [3.63, 3.8) is 0 Å². The molecule has 166 valence electrons. The highest BCUT2D eigenvalue weighted by Gasteiger charge is 2.15. The van der Waals surface area contributed by atoms with Gasteiger partial charge in [0, 0.05) is 31.1 Å². The van der Waals surface area contributed by atoms with E-state index in [9.17, 15) is 19.5 Å². The molecule has 1 saturated heterocycles. The second kappa shape index (κ2) is 13.3. The summed E-state index contributed by atoms with van der Waals surface area (Å²) in [4.78, 5) is 34.8. The molecule has 8 heteroatoms. The number of nitrogens with one attached hydrogen (secondary N) is 1. The molecule has 1 aliphatic rings. The molecule has 1 aliphatic heterocycles. The SMILES string of the molecule is O=C(CCOCCNC(=O)CCCCC1CCCS1)Cc1ccc(O)c(C(=O)O)c1. The van der Waals surface area contributed by atoms with Crippen LogP contribution < -0.4 is 5.32 Å². The van der Waals surface area contributed by atoms with Gasteiger partial charge in [0.15, 0.2) is 0 Å². The highest BCUT2D eigenvalue weighted by atomic mass is 32.2. The van der Waals surface area contributed by atoms with Crippen molar-refractivity contribution in [3.05, 3.63) is 29.3 Å². The van der Waals surface area contributed by atoms with Crippen LogP contribution >= 0.6 is 11.8 Å². The van der Waals surface area contributed by atoms with Crippen molar-refractivity contribution in [2.75, 3.05) is 25.5 Å². The van der Waals surface area contributed by atoms with E-state index in [1.165, 1.54) is 43.2 Å². The number of Topliss-reactive ketones (excluding diaryl/α,β-unsaturated/α-hetero) is 1. The quantitative estimate of drug-likeness (QED) is 0.383. The van der Waals surface area contributed by atoms with E-state index < -0.39 is 5.97 Å². The number of aromatic hydroxyl groups is 1. The number of ether oxygens (including phenoxy) is 1. The smallest absolute Gasteiger partial charge is 0.339 e. The first kappa shape index (κ1) is 24.2. The molecule has 0 aliphatic carbocycles. The second-order valence-corrected chi connectivity index (χ2v) is 8.87. The van der Waals surface area contributed by atoms with Gasteiger partial charge in [0.25, 0.3) is 0 Å². The number of unbranched alkanes of at least 4 members (excludes halogenated alkanes) is 1. The number of thioether (sulfide) groups is 1. The van der Waals surface area contributed by atoms with Gasteiger partial charge in [0.1, 0.15) is 17.1 Å². The zero-order valence-electron chi connectivity index (χ0n) is 17.2. The van der Waals surface area contributed by atoms with Crippen molar-refractivity contribution < 1.29 is 29.3 Å². The van der Waals surface area contributed by atoms with Crippen LogP contribution in [-0.2, 0) is 20.7 Å². The molecule has 30 heavy (non-hydrogen) atoms. The first-order chi connectivity index (χ1) is 14.5. The normalized spacial score (nSPS) is 15.8. The van der Waals surface area contributed by atoms with E-state index in [-0.39, 0.29) is 42.5 Å². The molecule has 0 spiro atoms. The Kier molecular flexibility index (Phi) is 10.7. The molecule has 0 aromatic heterocycles. The third-order valence-corrected chi connectivity index (χ3v) is 6.46. The second-order valence-electron chi connectivity index (χ2n) is 7.47. The lowest BCUT2D eigenvalue weighted by molar-refractivity contribution is -0.122. The van der Waals surface area contributed by atoms with Gasteiger partial charge in [-0.1, -0.05) is 12.5 Å². The molecule has 2 rings (SSSR count). The minimum atomic E-state index is -1.24. The number of hydrogen-bond donors (Lipinski definition) is 3. The molecule has 1 heterocycles. The van der Waals surface area contributed by atoms with Crippen LogP contribution in [-0.4, -0.2) is 58.6 Å². The monoisotopic (exact) mass is 437 g/mol. The number of hydrogen-bond acceptors (Lipinski definition) is 6. The minimum Gasteiger partial charge on any atom is -0.507 e. The van der Waals surface area contributed by atoms with Crippen LogP contribution in [0.2, 0.25) is 0 Å². The maximum absolute atomic E-state index is 12.0. The van der Waals surface area contributed by atoms with Gasteiger partial charge in [-0.3, -0.25) is 9.59 Å². The Hall–Kier alpha value is -2.06. The average molecular weight is 438 g/mol. The Labute approximate surface area is 181 Å². The lowest BCUT2D eigenvalue weighted by Crippen LogP contribution is -2.27. The average Bonchev–Trinajstić information content (AvgIpc) is 3.22. The number of aromatic carboxylic acids is 1. The summed E-state index contributed by atoms with van der Waals surface area (Å²) in [5.74, 6) is -0.326. The minimum absolute atomic E-state index is 0.0373. The third kappa shape index (κ3) is 9.17. The number of carboxylic acid groups (broad SMARTS) is 1. The molecule has 0 bridgehead atoms. The van der Waals surface area contributed by atoms with E-state index in [0.717, 1.165) is 18.1 Å². The van der Waals surface area contributed by atoms with Gasteiger partial charge < -0.3 is 20.3 Å². The van der Waals surface area contributed by atoms with Gasteiger partial charge in [-0.15, -0.1) is 0 Å². The van der Waals surface area contributed by atoms with Gasteiger partial charge in [-0.25, -0.2) is 4.79 Å². The highest BCUT2D eigenvalue weighted by Crippen LogP contribution is 2.30. The summed E-state index contributed by atoms with van der Waals surface area (Å²) in [6.07, 6.45) is 6.69. The van der Waals surface area contributed by atoms with Gasteiger partial charge in [0.05, 0.1) is 13.2 Å². The predicted molar refractivity (Wildman–Crippen MR) is 116 cm³/mol. The number of rotatable bonds is 14. The molecule has 3 N–H and O–H groups in total. The lowest BCUT2D eigenvalue weighted by atomic mass is 10.0. The number of carboxylic acids is 1. The van der Waals surface area contributed by atoms with Crippen LogP contribution in [0.25, 0.3) is 0 Å². The van der Waals surface area contributed by atoms with Crippen molar-refractivity contribution in [3.8, 4) is 5.75 Å². The molecule has 0 radical (unpaired) electrons. The number of benzene rings is 1. The summed E-state index contributed by atoms with van der Waals surface area (Å²) < 4.78 is 5.39. The van der Waals surface area contributed by atoms with E-state index >= 15 is 0 Å². The first-order valence-corrected chi connectivity index (χ1v) is 11.5. The molecule has 0 saturated carbocycles. The number of ketones is 1. The Bertz CT molecular complexity index is 718. The predicted octanol–water partition coefficient (Wildman–Crippen LogP) is 3.18. The Morgan fingerprint density at radius 2 is 2.00 bits per heavy atom. The summed E-state index contributed by atoms with van der Waals surface area (Å²) in [6.45, 7) is 1.02. The van der Waals surface area contributed by atoms with Crippen molar-refractivity contribution in [2.24, 2.45) is 0 Å². The first-order valence-electron chi connectivity index (χ1n) is 10.5. The maximum Gasteiger partial charge on any atom is 0.339 e. The van der Waals surface area contributed by atoms with E-state index in [1.807, 2.05) is 0 Å². The topological polar surface area (TPSA) is 113 Å². The highest BCUT2D eigenvalue weighted by molar-refractivity contribution is 8.00. The zero-order valence-corrected chi connectivity index (χ0v) is 18.0. The Balaban J connectivity index is 1.48. The van der Waals surface area contributed by atoms with Gasteiger partial charge in [-0.2, -0.15) is 11.8 Å². The number of carbonyl (C=O) groups excluding carboxylic acids is 2. The summed E-state index contributed by atoms with van der Waals surface area (Å²) >= 11 is 2.05. The summed E-state index contributed by atoms with van der Waals surface area (Å²) in [5.41, 5.74) is 0.318. The van der Waals surface area contributed by atoms with Gasteiger partial charge in [0.2, 0.25) is 5.91 Å². The molecular formula is C22H31NO6S. The number of amides is 1. The van der Waals surface area contributed by atoms with Crippen LogP contribution in [0.1, 0.15) is 60.9 Å². The Morgan fingerprint density at radius 3 is 2.73 bits per heavy atom. The van der Waals surface area contributed by atoms with E-state index in [2.05, 4.69) is 17.1 Å². The largest absolute Gasteiger partial charge is 0.507 e.